The van der Waals surface area contributed by atoms with Crippen molar-refractivity contribution in [2.45, 2.75) is 0 Å². The highest BCUT2D eigenvalue weighted by molar-refractivity contribution is 6.56. The van der Waals surface area contributed by atoms with E-state index in [-0.39, 0.29) is 40.2 Å². The number of hydrogen-bond acceptors (Lipinski definition) is 2. The molecule has 0 spiro atoms. The summed E-state index contributed by atoms with van der Waals surface area (Å²) in [7, 11) is 0. The Labute approximate surface area is 273 Å². The van der Waals surface area contributed by atoms with Crippen molar-refractivity contribution in [3.63, 3.8) is 0 Å². The molecule has 6 aromatic rings. The molecule has 2 heterocycles. The van der Waals surface area contributed by atoms with Gasteiger partial charge in [-0.3, -0.25) is 0 Å². The third kappa shape index (κ3) is 4.77. The van der Waals surface area contributed by atoms with Crippen LogP contribution in [0.5, 0.6) is 0 Å². The molecule has 2 nitrogen and oxygen atoms in total. The Kier molecular flexibility index (Phi) is 8.51. The van der Waals surface area contributed by atoms with Crippen molar-refractivity contribution in [3.05, 3.63) is 84.5 Å². The van der Waals surface area contributed by atoms with Crippen molar-refractivity contribution in [2.75, 3.05) is 0 Å². The van der Waals surface area contributed by atoms with Crippen LogP contribution in [-0.4, -0.2) is 0 Å². The summed E-state index contributed by atoms with van der Waals surface area (Å²) in [6.45, 7) is 0. The molecular formula is C24H4Cl12O2. The lowest BCUT2D eigenvalue weighted by Crippen LogP contribution is -1.78. The van der Waals surface area contributed by atoms with Gasteiger partial charge in [0.15, 0.2) is 11.2 Å². The fourth-order valence-electron chi connectivity index (χ4n) is 3.74. The molecule has 0 aliphatic heterocycles. The number of halogens is 12. The number of rotatable bonds is 0. The van der Waals surface area contributed by atoms with Gasteiger partial charge in [-0.05, 0) is 12.1 Å². The summed E-state index contributed by atoms with van der Waals surface area (Å²) in [6.07, 6.45) is 0. The molecule has 0 atom stereocenters. The molecule has 0 N–H and O–H groups in total. The van der Waals surface area contributed by atoms with E-state index in [1.807, 2.05) is 0 Å². The summed E-state index contributed by atoms with van der Waals surface area (Å²) in [5.41, 5.74) is 1.72. The van der Waals surface area contributed by atoms with Crippen molar-refractivity contribution in [3.8, 4) is 0 Å². The molecule has 4 aromatic carbocycles. The van der Waals surface area contributed by atoms with E-state index in [0.717, 1.165) is 0 Å². The van der Waals surface area contributed by atoms with Gasteiger partial charge in [-0.15, -0.1) is 0 Å². The van der Waals surface area contributed by atoms with E-state index in [1.165, 1.54) is 0 Å². The molecule has 0 radical (unpaired) electrons. The van der Waals surface area contributed by atoms with Crippen molar-refractivity contribution < 1.29 is 8.83 Å². The average molecular weight is 750 g/mol. The maximum atomic E-state index is 6.20. The van der Waals surface area contributed by atoms with Crippen LogP contribution in [0.1, 0.15) is 0 Å². The summed E-state index contributed by atoms with van der Waals surface area (Å²) in [5.74, 6) is 0. The van der Waals surface area contributed by atoms with Gasteiger partial charge in [-0.2, -0.15) is 0 Å². The molecule has 0 aliphatic rings. The van der Waals surface area contributed by atoms with Crippen LogP contribution in [0.25, 0.3) is 43.9 Å². The molecule has 196 valence electrons. The van der Waals surface area contributed by atoms with E-state index >= 15 is 0 Å². The highest BCUT2D eigenvalue weighted by atomic mass is 35.5. The molecule has 14 heteroatoms. The minimum atomic E-state index is 0.150. The first-order valence-corrected chi connectivity index (χ1v) is 14.4. The number of benzene rings is 4. The zero-order chi connectivity index (χ0) is 27.8. The number of hydrogen-bond donors (Lipinski definition) is 0. The van der Waals surface area contributed by atoms with Gasteiger partial charge in [0.05, 0.1) is 55.6 Å². The van der Waals surface area contributed by atoms with Crippen molar-refractivity contribution >= 4 is 183 Å². The van der Waals surface area contributed by atoms with Crippen LogP contribution >= 0.6 is 139 Å². The SMILES string of the molecule is Clc1cc2c(oc3cc(Cl)c(Cl)c(Cl)c32)c(Cl)c1Cl.Clc1cc2oc3c(Cl)c(Cl)c(Cl)c(Cl)c3c2cc1Cl. The second-order valence-electron chi connectivity index (χ2n) is 7.65. The fourth-order valence-corrected chi connectivity index (χ4v) is 6.36. The minimum absolute atomic E-state index is 0.150. The second kappa shape index (κ2) is 11.0. The average Bonchev–Trinajstić information content (AvgIpc) is 3.42. The van der Waals surface area contributed by atoms with E-state index in [4.69, 9.17) is 148 Å². The Morgan fingerprint density at radius 1 is 0.342 bits per heavy atom. The standard InChI is InChI=1S/2C12H2Cl6O/c13-4-1-3-7-6(2-5(14)8(15)10(7)17)19-12(3)11(18)9(4)16;13-4-1-3-6(2-5(4)14)19-12-7(3)8(15)9(16)10(17)11(12)18/h2*1-2H. The topological polar surface area (TPSA) is 26.3 Å². The third-order valence-electron chi connectivity index (χ3n) is 5.45. The van der Waals surface area contributed by atoms with Gasteiger partial charge < -0.3 is 8.83 Å². The van der Waals surface area contributed by atoms with Crippen LogP contribution in [0.2, 0.25) is 60.3 Å². The maximum Gasteiger partial charge on any atom is 0.157 e. The van der Waals surface area contributed by atoms with Crippen LogP contribution in [0, 0.1) is 0 Å². The van der Waals surface area contributed by atoms with Gasteiger partial charge in [0, 0.05) is 28.3 Å². The zero-order valence-electron chi connectivity index (χ0n) is 17.7. The molecule has 0 fully saturated rings. The predicted molar refractivity (Wildman–Crippen MR) is 168 cm³/mol. The molecule has 0 saturated carbocycles. The number of fused-ring (bicyclic) bond motifs is 6. The third-order valence-corrected chi connectivity index (χ3v) is 10.5. The first-order valence-electron chi connectivity index (χ1n) is 9.89. The Balaban J connectivity index is 0.000000155. The molecule has 2 aromatic heterocycles. The lowest BCUT2D eigenvalue weighted by Gasteiger charge is -2.03. The van der Waals surface area contributed by atoms with Crippen molar-refractivity contribution in [2.24, 2.45) is 0 Å². The number of furan rings is 2. The maximum absolute atomic E-state index is 6.20. The molecule has 0 bridgehead atoms. The predicted octanol–water partition coefficient (Wildman–Crippen LogP) is 15.0. The molecule has 38 heavy (non-hydrogen) atoms. The molecule has 0 aliphatic carbocycles. The van der Waals surface area contributed by atoms with Gasteiger partial charge >= 0.3 is 0 Å². The van der Waals surface area contributed by atoms with Crippen LogP contribution in [0.15, 0.2) is 33.1 Å². The molecular weight excluding hydrogens is 746 g/mol. The van der Waals surface area contributed by atoms with Gasteiger partial charge in [0.2, 0.25) is 0 Å². The Morgan fingerprint density at radius 2 is 0.789 bits per heavy atom. The van der Waals surface area contributed by atoms with Gasteiger partial charge in [-0.25, -0.2) is 0 Å². The van der Waals surface area contributed by atoms with Gasteiger partial charge in [-0.1, -0.05) is 139 Å². The first kappa shape index (κ1) is 29.5. The van der Waals surface area contributed by atoms with Gasteiger partial charge in [0.1, 0.15) is 21.2 Å². The zero-order valence-corrected chi connectivity index (χ0v) is 26.7. The Morgan fingerprint density at radius 3 is 1.47 bits per heavy atom. The monoisotopic (exact) mass is 744 g/mol. The summed E-state index contributed by atoms with van der Waals surface area (Å²) in [6, 6.07) is 6.45. The van der Waals surface area contributed by atoms with E-state index < -0.39 is 0 Å². The van der Waals surface area contributed by atoms with Crippen LogP contribution in [0.4, 0.5) is 0 Å². The summed E-state index contributed by atoms with van der Waals surface area (Å²) in [5, 5.41) is 5.63. The Hall–Kier alpha value is -0.0400. The van der Waals surface area contributed by atoms with E-state index in [2.05, 4.69) is 0 Å². The Bertz CT molecular complexity index is 1950. The molecule has 6 rings (SSSR count). The van der Waals surface area contributed by atoms with Crippen molar-refractivity contribution in [1.82, 2.24) is 0 Å². The fraction of sp³-hybridized carbons (Fsp3) is 0. The van der Waals surface area contributed by atoms with Crippen LogP contribution < -0.4 is 0 Å². The van der Waals surface area contributed by atoms with Gasteiger partial charge in [0.25, 0.3) is 0 Å². The minimum Gasteiger partial charge on any atom is -0.454 e. The van der Waals surface area contributed by atoms with E-state index in [9.17, 15) is 0 Å². The highest BCUT2D eigenvalue weighted by Crippen LogP contribution is 2.48. The molecule has 0 unspecified atom stereocenters. The van der Waals surface area contributed by atoms with Crippen LogP contribution in [0.3, 0.4) is 0 Å². The lowest BCUT2D eigenvalue weighted by atomic mass is 10.1. The highest BCUT2D eigenvalue weighted by Gasteiger charge is 2.22. The lowest BCUT2D eigenvalue weighted by molar-refractivity contribution is 0.668. The normalized spacial score (nSPS) is 11.7. The molecule has 0 amide bonds. The second-order valence-corrected chi connectivity index (χ2v) is 12.3. The summed E-state index contributed by atoms with van der Waals surface area (Å²) < 4.78 is 11.3. The quantitative estimate of drug-likeness (QED) is 0.114. The summed E-state index contributed by atoms with van der Waals surface area (Å²) >= 11 is 72.6. The molecule has 0 saturated heterocycles. The van der Waals surface area contributed by atoms with E-state index in [0.29, 0.717) is 64.0 Å². The van der Waals surface area contributed by atoms with Crippen LogP contribution in [-0.2, 0) is 0 Å². The smallest absolute Gasteiger partial charge is 0.157 e. The van der Waals surface area contributed by atoms with Crippen molar-refractivity contribution in [1.29, 1.82) is 0 Å². The summed E-state index contributed by atoms with van der Waals surface area (Å²) in [4.78, 5) is 0. The first-order chi connectivity index (χ1) is 17.8. The largest absolute Gasteiger partial charge is 0.454 e. The van der Waals surface area contributed by atoms with E-state index in [1.54, 1.807) is 24.3 Å².